The highest BCUT2D eigenvalue weighted by atomic mass is 32.1. The number of rotatable bonds is 7. The van der Waals surface area contributed by atoms with E-state index in [1.165, 1.54) is 6.42 Å². The van der Waals surface area contributed by atoms with Crippen molar-refractivity contribution in [2.45, 2.75) is 26.7 Å². The lowest BCUT2D eigenvalue weighted by atomic mass is 10.1. The fourth-order valence-corrected chi connectivity index (χ4v) is 1.04. The molecule has 13 heavy (non-hydrogen) atoms. The van der Waals surface area contributed by atoms with E-state index < -0.39 is 0 Å². The van der Waals surface area contributed by atoms with E-state index in [-0.39, 0.29) is 5.24 Å². The standard InChI is InChI=1S/C9H19NO2S/c1-8(2)4-3-6-12-7-5-10-9(11)13/h8H,3-7H2,1-2H3,(H2,10,11,13). The molecule has 0 aromatic rings. The highest BCUT2D eigenvalue weighted by molar-refractivity contribution is 7.96. The number of amides is 1. The lowest BCUT2D eigenvalue weighted by Gasteiger charge is -2.05. The summed E-state index contributed by atoms with van der Waals surface area (Å²) in [4.78, 5) is 10.3. The fourth-order valence-electron chi connectivity index (χ4n) is 0.926. The monoisotopic (exact) mass is 205 g/mol. The minimum absolute atomic E-state index is 0.300. The van der Waals surface area contributed by atoms with Crippen LogP contribution in [0, 0.1) is 5.92 Å². The smallest absolute Gasteiger partial charge is 0.276 e. The van der Waals surface area contributed by atoms with E-state index in [1.807, 2.05) is 0 Å². The summed E-state index contributed by atoms with van der Waals surface area (Å²) in [5, 5.41) is 2.25. The van der Waals surface area contributed by atoms with E-state index in [0.717, 1.165) is 18.9 Å². The molecule has 0 heterocycles. The second kappa shape index (κ2) is 8.38. The highest BCUT2D eigenvalue weighted by Crippen LogP contribution is 2.02. The molecule has 0 fully saturated rings. The lowest BCUT2D eigenvalue weighted by molar-refractivity contribution is 0.131. The quantitative estimate of drug-likeness (QED) is 0.493. The van der Waals surface area contributed by atoms with Gasteiger partial charge in [0.2, 0.25) is 0 Å². The normalized spacial score (nSPS) is 10.5. The second-order valence-corrected chi connectivity index (χ2v) is 3.79. The largest absolute Gasteiger partial charge is 0.380 e. The van der Waals surface area contributed by atoms with Gasteiger partial charge in [-0.1, -0.05) is 26.5 Å². The van der Waals surface area contributed by atoms with Crippen LogP contribution in [0.2, 0.25) is 0 Å². The van der Waals surface area contributed by atoms with E-state index in [1.54, 1.807) is 0 Å². The molecule has 0 aromatic heterocycles. The molecule has 0 saturated heterocycles. The maximum atomic E-state index is 10.3. The minimum atomic E-state index is -0.300. The molecule has 0 rings (SSSR count). The Hall–Kier alpha value is -0.220. The predicted octanol–water partition coefficient (Wildman–Crippen LogP) is 2.08. The lowest BCUT2D eigenvalue weighted by Crippen LogP contribution is -2.22. The van der Waals surface area contributed by atoms with Crippen molar-refractivity contribution in [1.82, 2.24) is 5.32 Å². The Morgan fingerprint density at radius 3 is 2.69 bits per heavy atom. The van der Waals surface area contributed by atoms with Gasteiger partial charge < -0.3 is 10.1 Å². The van der Waals surface area contributed by atoms with Crippen LogP contribution in [0.5, 0.6) is 0 Å². The first-order chi connectivity index (χ1) is 6.13. The zero-order chi connectivity index (χ0) is 10.1. The number of hydrogen-bond acceptors (Lipinski definition) is 2. The van der Waals surface area contributed by atoms with Crippen LogP contribution in [0.3, 0.4) is 0 Å². The van der Waals surface area contributed by atoms with Gasteiger partial charge in [-0.05, 0) is 18.8 Å². The van der Waals surface area contributed by atoms with Gasteiger partial charge in [0.25, 0.3) is 5.24 Å². The summed E-state index contributed by atoms with van der Waals surface area (Å²) in [7, 11) is 0. The van der Waals surface area contributed by atoms with Crippen molar-refractivity contribution in [3.05, 3.63) is 0 Å². The molecule has 0 bridgehead atoms. The maximum absolute atomic E-state index is 10.3. The summed E-state index contributed by atoms with van der Waals surface area (Å²) in [6.07, 6.45) is 2.28. The number of nitrogens with one attached hydrogen (secondary N) is 1. The zero-order valence-corrected chi connectivity index (χ0v) is 9.27. The molecular formula is C9H19NO2S. The number of ether oxygens (including phenoxy) is 1. The molecule has 0 aromatic carbocycles. The summed E-state index contributed by atoms with van der Waals surface area (Å²) in [5.41, 5.74) is 0. The Balaban J connectivity index is 2.96. The number of carbonyl (C=O) groups is 1. The average Bonchev–Trinajstić information content (AvgIpc) is 2.01. The van der Waals surface area contributed by atoms with E-state index >= 15 is 0 Å². The van der Waals surface area contributed by atoms with E-state index in [0.29, 0.717) is 13.2 Å². The Labute approximate surface area is 85.6 Å². The highest BCUT2D eigenvalue weighted by Gasteiger charge is 1.94. The molecule has 3 nitrogen and oxygen atoms in total. The maximum Gasteiger partial charge on any atom is 0.276 e. The molecular weight excluding hydrogens is 186 g/mol. The fraction of sp³-hybridized carbons (Fsp3) is 0.889. The molecule has 0 aliphatic heterocycles. The Morgan fingerprint density at radius 1 is 1.46 bits per heavy atom. The molecule has 4 heteroatoms. The summed E-state index contributed by atoms with van der Waals surface area (Å²) in [5.74, 6) is 0.737. The first kappa shape index (κ1) is 12.8. The van der Waals surface area contributed by atoms with Crippen molar-refractivity contribution in [3.8, 4) is 0 Å². The van der Waals surface area contributed by atoms with Crippen LogP contribution in [-0.4, -0.2) is 25.0 Å². The molecule has 0 unspecified atom stereocenters. The van der Waals surface area contributed by atoms with Gasteiger partial charge in [-0.2, -0.15) is 0 Å². The van der Waals surface area contributed by atoms with Gasteiger partial charge in [-0.15, -0.1) is 0 Å². The van der Waals surface area contributed by atoms with Crippen molar-refractivity contribution >= 4 is 17.9 Å². The SMILES string of the molecule is CC(C)CCCOCCNC(=O)S. The molecule has 1 amide bonds. The van der Waals surface area contributed by atoms with Crippen LogP contribution in [-0.2, 0) is 4.74 Å². The third-order valence-corrected chi connectivity index (χ3v) is 1.75. The third-order valence-electron chi connectivity index (χ3n) is 1.59. The molecule has 0 saturated carbocycles. The van der Waals surface area contributed by atoms with Gasteiger partial charge in [-0.25, -0.2) is 0 Å². The number of hydrogen-bond donors (Lipinski definition) is 2. The molecule has 0 spiro atoms. The molecule has 1 N–H and O–H groups in total. The topological polar surface area (TPSA) is 38.3 Å². The minimum Gasteiger partial charge on any atom is -0.380 e. The molecule has 78 valence electrons. The first-order valence-electron chi connectivity index (χ1n) is 4.67. The number of carbonyl (C=O) groups excluding carboxylic acids is 1. The Bertz CT molecular complexity index is 140. The zero-order valence-electron chi connectivity index (χ0n) is 8.38. The number of thiol groups is 1. The van der Waals surface area contributed by atoms with Crippen LogP contribution in [0.4, 0.5) is 4.79 Å². The van der Waals surface area contributed by atoms with Crippen molar-refractivity contribution in [2.24, 2.45) is 5.92 Å². The van der Waals surface area contributed by atoms with Crippen LogP contribution in [0.25, 0.3) is 0 Å². The Kier molecular flexibility index (Phi) is 8.24. The summed E-state index contributed by atoms with van der Waals surface area (Å²) >= 11 is 3.56. The van der Waals surface area contributed by atoms with Crippen molar-refractivity contribution in [3.63, 3.8) is 0 Å². The molecule has 0 aliphatic rings. The summed E-state index contributed by atoms with van der Waals surface area (Å²) < 4.78 is 5.29. The second-order valence-electron chi connectivity index (χ2n) is 3.38. The van der Waals surface area contributed by atoms with Gasteiger partial charge in [0.15, 0.2) is 0 Å². The van der Waals surface area contributed by atoms with Crippen molar-refractivity contribution in [2.75, 3.05) is 19.8 Å². The van der Waals surface area contributed by atoms with Crippen molar-refractivity contribution in [1.29, 1.82) is 0 Å². The van der Waals surface area contributed by atoms with Gasteiger partial charge in [-0.3, -0.25) is 4.79 Å². The van der Waals surface area contributed by atoms with Gasteiger partial charge in [0.05, 0.1) is 6.61 Å². The molecule has 0 atom stereocenters. The average molecular weight is 205 g/mol. The third kappa shape index (κ3) is 11.8. The van der Waals surface area contributed by atoms with Crippen LogP contribution >= 0.6 is 12.6 Å². The van der Waals surface area contributed by atoms with Crippen LogP contribution in [0.1, 0.15) is 26.7 Å². The van der Waals surface area contributed by atoms with E-state index in [2.05, 4.69) is 31.8 Å². The van der Waals surface area contributed by atoms with Crippen LogP contribution < -0.4 is 5.32 Å². The van der Waals surface area contributed by atoms with Gasteiger partial charge >= 0.3 is 0 Å². The summed E-state index contributed by atoms with van der Waals surface area (Å²) in [6, 6.07) is 0. The van der Waals surface area contributed by atoms with Gasteiger partial charge in [0.1, 0.15) is 0 Å². The van der Waals surface area contributed by atoms with Crippen LogP contribution in [0.15, 0.2) is 0 Å². The predicted molar refractivity (Wildman–Crippen MR) is 57.3 cm³/mol. The van der Waals surface area contributed by atoms with Crippen molar-refractivity contribution < 1.29 is 9.53 Å². The summed E-state index contributed by atoms with van der Waals surface area (Å²) in [6.45, 7) is 6.29. The van der Waals surface area contributed by atoms with E-state index in [4.69, 9.17) is 4.74 Å². The van der Waals surface area contributed by atoms with Gasteiger partial charge in [0, 0.05) is 13.2 Å². The first-order valence-corrected chi connectivity index (χ1v) is 5.12. The molecule has 0 aliphatic carbocycles. The van der Waals surface area contributed by atoms with E-state index in [9.17, 15) is 4.79 Å². The Morgan fingerprint density at radius 2 is 2.15 bits per heavy atom. The molecule has 0 radical (unpaired) electrons.